The normalized spacial score (nSPS) is 37.1. The van der Waals surface area contributed by atoms with Crippen molar-refractivity contribution < 1.29 is 19.1 Å². The number of piperidine rings is 1. The highest BCUT2D eigenvalue weighted by Crippen LogP contribution is 2.65. The molecular weight excluding hydrogens is 222 g/mol. The summed E-state index contributed by atoms with van der Waals surface area (Å²) in [6.07, 6.45) is 4.54. The van der Waals surface area contributed by atoms with E-state index in [1.54, 1.807) is 4.90 Å². The third kappa shape index (κ3) is 1.04. The number of esters is 1. The zero-order valence-electron chi connectivity index (χ0n) is 9.93. The predicted molar refractivity (Wildman–Crippen MR) is 58.2 cm³/mol. The first kappa shape index (κ1) is 10.6. The number of nitrogens with zero attached hydrogens (tertiary/aromatic N) is 1. The highest BCUT2D eigenvalue weighted by molar-refractivity contribution is 5.93. The Labute approximate surface area is 99.4 Å². The van der Waals surface area contributed by atoms with Crippen LogP contribution in [0.15, 0.2) is 11.6 Å². The largest absolute Gasteiger partial charge is 0.466 e. The van der Waals surface area contributed by atoms with Gasteiger partial charge >= 0.3 is 12.1 Å². The maximum atomic E-state index is 11.7. The van der Waals surface area contributed by atoms with Gasteiger partial charge in [-0.25, -0.2) is 9.59 Å². The van der Waals surface area contributed by atoms with Crippen molar-refractivity contribution in [2.24, 2.45) is 5.41 Å². The van der Waals surface area contributed by atoms with E-state index >= 15 is 0 Å². The van der Waals surface area contributed by atoms with Crippen LogP contribution in [-0.2, 0) is 14.3 Å². The van der Waals surface area contributed by atoms with Crippen molar-refractivity contribution in [1.82, 2.24) is 4.90 Å². The van der Waals surface area contributed by atoms with Crippen molar-refractivity contribution in [1.29, 1.82) is 0 Å². The van der Waals surface area contributed by atoms with Gasteiger partial charge in [0.15, 0.2) is 0 Å². The van der Waals surface area contributed by atoms with E-state index < -0.39 is 0 Å². The third-order valence-corrected chi connectivity index (χ3v) is 4.51. The molecule has 1 amide bonds. The SMILES string of the molecule is COC(=O)C1=CCC23CCC2N(C(=O)OC)C13. The van der Waals surface area contributed by atoms with Crippen LogP contribution in [0, 0.1) is 5.41 Å². The number of rotatable bonds is 1. The van der Waals surface area contributed by atoms with Crippen molar-refractivity contribution in [2.75, 3.05) is 14.2 Å². The molecule has 5 nitrogen and oxygen atoms in total. The van der Waals surface area contributed by atoms with E-state index in [0.29, 0.717) is 5.57 Å². The van der Waals surface area contributed by atoms with E-state index in [1.807, 2.05) is 6.08 Å². The fraction of sp³-hybridized carbons (Fsp3) is 0.667. The maximum Gasteiger partial charge on any atom is 0.410 e. The van der Waals surface area contributed by atoms with Gasteiger partial charge in [0, 0.05) is 11.5 Å². The molecule has 1 heterocycles. The van der Waals surface area contributed by atoms with Crippen molar-refractivity contribution in [3.63, 3.8) is 0 Å². The molecule has 1 saturated heterocycles. The topological polar surface area (TPSA) is 55.8 Å². The molecule has 0 radical (unpaired) electrons. The lowest BCUT2D eigenvalue weighted by molar-refractivity contribution is -0.167. The second kappa shape index (κ2) is 3.24. The second-order valence-electron chi connectivity index (χ2n) is 4.92. The van der Waals surface area contributed by atoms with E-state index in [1.165, 1.54) is 14.2 Å². The van der Waals surface area contributed by atoms with Gasteiger partial charge in [0.05, 0.1) is 25.8 Å². The summed E-state index contributed by atoms with van der Waals surface area (Å²) in [6, 6.07) is 0.125. The molecule has 3 unspecified atom stereocenters. The number of methoxy groups -OCH3 is 2. The van der Waals surface area contributed by atoms with Gasteiger partial charge in [-0.1, -0.05) is 6.08 Å². The molecular formula is C12H15NO4. The summed E-state index contributed by atoms with van der Waals surface area (Å²) in [6.45, 7) is 0. The van der Waals surface area contributed by atoms with Crippen molar-refractivity contribution >= 4 is 12.1 Å². The average molecular weight is 237 g/mol. The first-order valence-electron chi connectivity index (χ1n) is 5.80. The molecule has 3 rings (SSSR count). The summed E-state index contributed by atoms with van der Waals surface area (Å²) in [5.74, 6) is -0.328. The van der Waals surface area contributed by atoms with Crippen LogP contribution in [0.25, 0.3) is 0 Å². The summed E-state index contributed by atoms with van der Waals surface area (Å²) in [4.78, 5) is 25.1. The Hall–Kier alpha value is -1.52. The number of carbonyl (C=O) groups excluding carboxylic acids is 2. The summed E-state index contributed by atoms with van der Waals surface area (Å²) in [5.41, 5.74) is 0.728. The Morgan fingerprint density at radius 3 is 2.71 bits per heavy atom. The molecule has 1 spiro atoms. The molecule has 0 aromatic rings. The van der Waals surface area contributed by atoms with E-state index in [2.05, 4.69) is 0 Å². The fourth-order valence-corrected chi connectivity index (χ4v) is 3.63. The quantitative estimate of drug-likeness (QED) is 0.640. The summed E-state index contributed by atoms with van der Waals surface area (Å²) < 4.78 is 9.55. The van der Waals surface area contributed by atoms with Crippen LogP contribution >= 0.6 is 0 Å². The molecule has 3 aliphatic rings. The number of amides is 1. The smallest absolute Gasteiger partial charge is 0.410 e. The molecule has 1 saturated carbocycles. The number of ether oxygens (including phenoxy) is 2. The van der Waals surface area contributed by atoms with Crippen molar-refractivity contribution in [3.05, 3.63) is 11.6 Å². The number of allylic oxidation sites excluding steroid dienone is 1. The van der Waals surface area contributed by atoms with Crippen LogP contribution in [0.5, 0.6) is 0 Å². The lowest BCUT2D eigenvalue weighted by atomic mass is 9.52. The second-order valence-corrected chi connectivity index (χ2v) is 4.92. The van der Waals surface area contributed by atoms with Gasteiger partial charge in [-0.3, -0.25) is 4.90 Å². The molecule has 92 valence electrons. The molecule has 2 fully saturated rings. The number of likely N-dealkylation sites (tertiary alicyclic amines) is 1. The third-order valence-electron chi connectivity index (χ3n) is 4.51. The summed E-state index contributed by atoms with van der Waals surface area (Å²) in [7, 11) is 2.74. The van der Waals surface area contributed by atoms with Gasteiger partial charge in [-0.15, -0.1) is 0 Å². The first-order valence-corrected chi connectivity index (χ1v) is 5.80. The zero-order valence-corrected chi connectivity index (χ0v) is 9.93. The van der Waals surface area contributed by atoms with Crippen LogP contribution in [0.1, 0.15) is 19.3 Å². The lowest BCUT2D eigenvalue weighted by Crippen LogP contribution is -2.77. The Morgan fingerprint density at radius 2 is 2.18 bits per heavy atom. The lowest BCUT2D eigenvalue weighted by Gasteiger charge is -2.67. The van der Waals surface area contributed by atoms with Gasteiger partial charge in [0.1, 0.15) is 0 Å². The fourth-order valence-electron chi connectivity index (χ4n) is 3.63. The van der Waals surface area contributed by atoms with Crippen LogP contribution in [0.2, 0.25) is 0 Å². The highest BCUT2D eigenvalue weighted by atomic mass is 16.5. The molecule has 0 N–H and O–H groups in total. The molecule has 0 aromatic carbocycles. The van der Waals surface area contributed by atoms with Gasteiger partial charge in [-0.05, 0) is 19.3 Å². The van der Waals surface area contributed by atoms with Crippen LogP contribution in [-0.4, -0.2) is 43.3 Å². The number of hydrogen-bond acceptors (Lipinski definition) is 4. The van der Waals surface area contributed by atoms with Gasteiger partial charge in [0.25, 0.3) is 0 Å². The van der Waals surface area contributed by atoms with Gasteiger partial charge < -0.3 is 9.47 Å². The Bertz CT molecular complexity index is 430. The van der Waals surface area contributed by atoms with E-state index in [0.717, 1.165) is 19.3 Å². The molecule has 0 bridgehead atoms. The monoisotopic (exact) mass is 237 g/mol. The molecule has 2 aliphatic carbocycles. The van der Waals surface area contributed by atoms with E-state index in [-0.39, 0.29) is 29.6 Å². The molecule has 3 atom stereocenters. The number of carbonyl (C=O) groups is 2. The van der Waals surface area contributed by atoms with E-state index in [4.69, 9.17) is 9.47 Å². The van der Waals surface area contributed by atoms with Crippen molar-refractivity contribution in [2.45, 2.75) is 31.3 Å². The molecule has 0 aromatic heterocycles. The average Bonchev–Trinajstić information content (AvgIpc) is 2.71. The summed E-state index contributed by atoms with van der Waals surface area (Å²) in [5, 5.41) is 0. The summed E-state index contributed by atoms with van der Waals surface area (Å²) >= 11 is 0. The Balaban J connectivity index is 1.89. The Morgan fingerprint density at radius 1 is 1.41 bits per heavy atom. The van der Waals surface area contributed by atoms with Gasteiger partial charge in [0.2, 0.25) is 0 Å². The number of hydrogen-bond donors (Lipinski definition) is 0. The molecule has 1 aliphatic heterocycles. The molecule has 5 heteroatoms. The van der Waals surface area contributed by atoms with Crippen molar-refractivity contribution in [3.8, 4) is 0 Å². The van der Waals surface area contributed by atoms with Crippen LogP contribution < -0.4 is 0 Å². The Kier molecular flexibility index (Phi) is 2.03. The first-order chi connectivity index (χ1) is 8.15. The molecule has 17 heavy (non-hydrogen) atoms. The van der Waals surface area contributed by atoms with E-state index in [9.17, 15) is 9.59 Å². The zero-order chi connectivity index (χ0) is 12.2. The van der Waals surface area contributed by atoms with Crippen LogP contribution in [0.4, 0.5) is 4.79 Å². The maximum absolute atomic E-state index is 11.7. The minimum absolute atomic E-state index is 0.109. The van der Waals surface area contributed by atoms with Gasteiger partial charge in [-0.2, -0.15) is 0 Å². The minimum atomic E-state index is -0.341. The predicted octanol–water partition coefficient (Wildman–Crippen LogP) is 1.09. The highest BCUT2D eigenvalue weighted by Gasteiger charge is 2.71. The standard InChI is InChI=1S/C12H15NO4/c1-16-10(14)7-3-5-12-6-4-8(12)13(9(7)12)11(15)17-2/h3,8-9H,4-6H2,1-2H3. The van der Waals surface area contributed by atoms with Crippen LogP contribution in [0.3, 0.4) is 0 Å². The minimum Gasteiger partial charge on any atom is -0.466 e.